The van der Waals surface area contributed by atoms with E-state index in [0.29, 0.717) is 6.42 Å². The lowest BCUT2D eigenvalue weighted by Gasteiger charge is -2.24. The maximum atomic E-state index is 13.1. The van der Waals surface area contributed by atoms with E-state index in [4.69, 9.17) is 9.05 Å². The van der Waals surface area contributed by atoms with Crippen LogP contribution in [0.3, 0.4) is 0 Å². The molecule has 6 heteroatoms. The number of hydrazone groups is 1. The van der Waals surface area contributed by atoms with Gasteiger partial charge in [-0.1, -0.05) is 60.7 Å². The number of benzene rings is 2. The summed E-state index contributed by atoms with van der Waals surface area (Å²) in [5.41, 5.74) is 5.90. The summed E-state index contributed by atoms with van der Waals surface area (Å²) >= 11 is 0. The van der Waals surface area contributed by atoms with Crippen LogP contribution in [0.4, 0.5) is 0 Å². The highest BCUT2D eigenvalue weighted by Gasteiger charge is 2.37. The second-order valence-electron chi connectivity index (χ2n) is 6.01. The van der Waals surface area contributed by atoms with Crippen LogP contribution in [0.5, 0.6) is 0 Å². The Balaban J connectivity index is 1.79. The minimum atomic E-state index is -3.27. The van der Waals surface area contributed by atoms with E-state index >= 15 is 0 Å². The fraction of sp³-hybridized carbons (Fsp3) is 0.316. The van der Waals surface area contributed by atoms with Crippen LogP contribution in [0.15, 0.2) is 65.8 Å². The number of nitrogens with zero attached hydrogens (tertiary/aromatic N) is 1. The van der Waals surface area contributed by atoms with Gasteiger partial charge in [0, 0.05) is 32.8 Å². The predicted octanol–water partition coefficient (Wildman–Crippen LogP) is 4.69. The Morgan fingerprint density at radius 3 is 2.28 bits per heavy atom. The van der Waals surface area contributed by atoms with Crippen LogP contribution in [-0.2, 0) is 13.6 Å². The standard InChI is InChI=1S/C19H23N2O3P/c1-23-25(22,24-2)19(16-11-7-4-8-12-16)14-17-13-18(21-20-17)15-9-5-3-6-10-15/h3-12,18-19,21H,13-14H2,1-2H3. The van der Waals surface area contributed by atoms with Crippen molar-refractivity contribution in [2.45, 2.75) is 24.5 Å². The molecular weight excluding hydrogens is 335 g/mol. The van der Waals surface area contributed by atoms with Gasteiger partial charge in [0.1, 0.15) is 0 Å². The third-order valence-electron chi connectivity index (χ3n) is 4.52. The third-order valence-corrected chi connectivity index (χ3v) is 6.79. The Morgan fingerprint density at radius 2 is 1.68 bits per heavy atom. The van der Waals surface area contributed by atoms with E-state index in [2.05, 4.69) is 22.7 Å². The first-order valence-corrected chi connectivity index (χ1v) is 9.89. The first kappa shape index (κ1) is 17.9. The largest absolute Gasteiger partial charge is 0.337 e. The van der Waals surface area contributed by atoms with E-state index < -0.39 is 7.60 Å². The van der Waals surface area contributed by atoms with E-state index in [1.54, 1.807) is 0 Å². The maximum Gasteiger partial charge on any atom is 0.337 e. The van der Waals surface area contributed by atoms with Gasteiger partial charge in [-0.3, -0.25) is 4.57 Å². The normalized spacial score (nSPS) is 18.5. The van der Waals surface area contributed by atoms with Crippen LogP contribution in [0.1, 0.15) is 35.7 Å². The highest BCUT2D eigenvalue weighted by atomic mass is 31.2. The molecule has 5 nitrogen and oxygen atoms in total. The minimum Gasteiger partial charge on any atom is -0.312 e. The summed E-state index contributed by atoms with van der Waals surface area (Å²) in [6.07, 6.45) is 1.31. The lowest BCUT2D eigenvalue weighted by Crippen LogP contribution is -2.11. The van der Waals surface area contributed by atoms with Gasteiger partial charge in [-0.05, 0) is 11.1 Å². The Morgan fingerprint density at radius 1 is 1.08 bits per heavy atom. The molecule has 0 saturated carbocycles. The second-order valence-corrected chi connectivity index (χ2v) is 8.44. The number of hydrogen-bond donors (Lipinski definition) is 1. The van der Waals surface area contributed by atoms with Gasteiger partial charge in [-0.2, -0.15) is 5.10 Å². The molecule has 0 spiro atoms. The summed E-state index contributed by atoms with van der Waals surface area (Å²) in [6.45, 7) is 0. The quantitative estimate of drug-likeness (QED) is 0.729. The van der Waals surface area contributed by atoms with E-state index in [0.717, 1.165) is 17.7 Å². The highest BCUT2D eigenvalue weighted by molar-refractivity contribution is 7.54. The van der Waals surface area contributed by atoms with Gasteiger partial charge in [0.2, 0.25) is 0 Å². The molecule has 1 aliphatic rings. The molecule has 0 fully saturated rings. The molecule has 0 radical (unpaired) electrons. The zero-order chi connectivity index (χ0) is 17.7. The maximum absolute atomic E-state index is 13.1. The molecule has 2 aromatic rings. The van der Waals surface area contributed by atoms with Crippen LogP contribution >= 0.6 is 7.60 Å². The van der Waals surface area contributed by atoms with Crippen molar-refractivity contribution in [2.24, 2.45) is 5.10 Å². The first-order valence-electron chi connectivity index (χ1n) is 8.28. The van der Waals surface area contributed by atoms with Gasteiger partial charge in [0.05, 0.1) is 11.7 Å². The smallest absolute Gasteiger partial charge is 0.312 e. The Kier molecular flexibility index (Phi) is 5.69. The van der Waals surface area contributed by atoms with Crippen LogP contribution in [-0.4, -0.2) is 19.9 Å². The van der Waals surface area contributed by atoms with Crippen molar-refractivity contribution >= 4 is 13.3 Å². The molecule has 25 heavy (non-hydrogen) atoms. The summed E-state index contributed by atoms with van der Waals surface area (Å²) < 4.78 is 23.6. The van der Waals surface area contributed by atoms with Crippen LogP contribution in [0, 0.1) is 0 Å². The predicted molar refractivity (Wildman–Crippen MR) is 99.8 cm³/mol. The van der Waals surface area contributed by atoms with E-state index in [1.165, 1.54) is 19.8 Å². The molecule has 1 aliphatic heterocycles. The summed E-state index contributed by atoms with van der Waals surface area (Å²) in [6, 6.07) is 20.1. The van der Waals surface area contributed by atoms with Crippen molar-refractivity contribution in [1.82, 2.24) is 5.43 Å². The topological polar surface area (TPSA) is 59.9 Å². The van der Waals surface area contributed by atoms with Crippen LogP contribution in [0.25, 0.3) is 0 Å². The Bertz CT molecular complexity index is 757. The van der Waals surface area contributed by atoms with Crippen molar-refractivity contribution in [2.75, 3.05) is 14.2 Å². The molecule has 0 aliphatic carbocycles. The molecule has 0 saturated heterocycles. The van der Waals surface area contributed by atoms with Crippen molar-refractivity contribution in [3.8, 4) is 0 Å². The molecule has 0 aromatic heterocycles. The van der Waals surface area contributed by atoms with Gasteiger partial charge in [0.25, 0.3) is 0 Å². The molecule has 132 valence electrons. The molecule has 1 N–H and O–H groups in total. The zero-order valence-corrected chi connectivity index (χ0v) is 15.4. The Labute approximate surface area is 148 Å². The lowest BCUT2D eigenvalue weighted by molar-refractivity contribution is 0.266. The van der Waals surface area contributed by atoms with Gasteiger partial charge in [0.15, 0.2) is 0 Å². The van der Waals surface area contributed by atoms with Crippen molar-refractivity contribution in [3.05, 3.63) is 71.8 Å². The molecule has 2 aromatic carbocycles. The second kappa shape index (κ2) is 7.96. The van der Waals surface area contributed by atoms with E-state index in [-0.39, 0.29) is 11.7 Å². The van der Waals surface area contributed by atoms with E-state index in [1.807, 2.05) is 48.5 Å². The van der Waals surface area contributed by atoms with Gasteiger partial charge in [-0.15, -0.1) is 0 Å². The summed E-state index contributed by atoms with van der Waals surface area (Å²) in [5, 5.41) is 4.48. The molecule has 0 bridgehead atoms. The molecule has 3 rings (SSSR count). The number of hydrogen-bond acceptors (Lipinski definition) is 5. The number of nitrogens with one attached hydrogen (secondary N) is 1. The average molecular weight is 358 g/mol. The molecule has 2 unspecified atom stereocenters. The average Bonchev–Trinajstić information content (AvgIpc) is 3.16. The first-order chi connectivity index (χ1) is 12.2. The lowest BCUT2D eigenvalue weighted by atomic mass is 9.99. The summed E-state index contributed by atoms with van der Waals surface area (Å²) in [7, 11) is -0.401. The highest BCUT2D eigenvalue weighted by Crippen LogP contribution is 2.61. The molecule has 0 amide bonds. The third kappa shape index (κ3) is 4.01. The van der Waals surface area contributed by atoms with Crippen LogP contribution < -0.4 is 5.43 Å². The molecule has 1 heterocycles. The molecule has 2 atom stereocenters. The van der Waals surface area contributed by atoms with Gasteiger partial charge >= 0.3 is 7.60 Å². The van der Waals surface area contributed by atoms with Crippen molar-refractivity contribution < 1.29 is 13.6 Å². The monoisotopic (exact) mass is 358 g/mol. The fourth-order valence-electron chi connectivity index (χ4n) is 3.14. The van der Waals surface area contributed by atoms with E-state index in [9.17, 15) is 4.57 Å². The zero-order valence-electron chi connectivity index (χ0n) is 14.5. The number of rotatable bonds is 7. The summed E-state index contributed by atoms with van der Waals surface area (Å²) in [5.74, 6) is 0. The fourth-order valence-corrected chi connectivity index (χ4v) is 4.77. The summed E-state index contributed by atoms with van der Waals surface area (Å²) in [4.78, 5) is 0. The Hall–Kier alpha value is -1.94. The SMILES string of the molecule is COP(=O)(OC)C(CC1=NNC(c2ccccc2)C1)c1ccccc1. The van der Waals surface area contributed by atoms with Gasteiger partial charge < -0.3 is 14.5 Å². The van der Waals surface area contributed by atoms with Crippen molar-refractivity contribution in [1.29, 1.82) is 0 Å². The molecular formula is C19H23N2O3P. The van der Waals surface area contributed by atoms with Gasteiger partial charge in [-0.25, -0.2) is 0 Å². The van der Waals surface area contributed by atoms with Crippen LogP contribution in [0.2, 0.25) is 0 Å². The minimum absolute atomic E-state index is 0.150. The van der Waals surface area contributed by atoms with Crippen molar-refractivity contribution in [3.63, 3.8) is 0 Å².